The number of benzene rings is 1. The Labute approximate surface area is 119 Å². The lowest BCUT2D eigenvalue weighted by Crippen LogP contribution is -2.24. The maximum atomic E-state index is 9.04. The van der Waals surface area contributed by atoms with Crippen molar-refractivity contribution in [3.05, 3.63) is 30.1 Å². The molecule has 0 spiro atoms. The van der Waals surface area contributed by atoms with Gasteiger partial charge in [-0.2, -0.15) is 5.26 Å². The van der Waals surface area contributed by atoms with Crippen molar-refractivity contribution < 1.29 is 5.11 Å². The summed E-state index contributed by atoms with van der Waals surface area (Å²) in [6.07, 6.45) is 0. The predicted octanol–water partition coefficient (Wildman–Crippen LogP) is 1.62. The van der Waals surface area contributed by atoms with E-state index in [4.69, 9.17) is 10.4 Å². The first-order chi connectivity index (χ1) is 9.65. The van der Waals surface area contributed by atoms with Gasteiger partial charge in [0.15, 0.2) is 0 Å². The van der Waals surface area contributed by atoms with Gasteiger partial charge in [0, 0.05) is 13.1 Å². The van der Waals surface area contributed by atoms with Crippen LogP contribution in [0.2, 0.25) is 0 Å². The second kappa shape index (κ2) is 6.51. The maximum Gasteiger partial charge on any atom is 0.124 e. The van der Waals surface area contributed by atoms with Crippen LogP contribution in [0, 0.1) is 17.2 Å². The molecule has 5 nitrogen and oxygen atoms in total. The number of nitriles is 1. The highest BCUT2D eigenvalue weighted by Gasteiger charge is 2.14. The molecule has 0 amide bonds. The number of hydrogen-bond donors (Lipinski definition) is 1. The molecule has 0 aliphatic heterocycles. The van der Waals surface area contributed by atoms with E-state index in [0.717, 1.165) is 16.9 Å². The maximum absolute atomic E-state index is 9.04. The molecule has 20 heavy (non-hydrogen) atoms. The zero-order valence-corrected chi connectivity index (χ0v) is 12.0. The van der Waals surface area contributed by atoms with Crippen LogP contribution in [0.3, 0.4) is 0 Å². The summed E-state index contributed by atoms with van der Waals surface area (Å²) in [5, 5.41) is 18.0. The first kappa shape index (κ1) is 14.5. The van der Waals surface area contributed by atoms with Crippen LogP contribution in [0.1, 0.15) is 12.7 Å². The van der Waals surface area contributed by atoms with E-state index in [-0.39, 0.29) is 12.5 Å². The monoisotopic (exact) mass is 272 g/mol. The third kappa shape index (κ3) is 3.16. The number of likely N-dealkylation sites (N-methyl/N-ethyl adjacent to an activating group) is 1. The minimum absolute atomic E-state index is 0.0606. The number of aliphatic hydroxyl groups excluding tert-OH is 1. The molecule has 0 saturated heterocycles. The molecular weight excluding hydrogens is 252 g/mol. The fraction of sp³-hybridized carbons (Fsp3) is 0.467. The van der Waals surface area contributed by atoms with Crippen molar-refractivity contribution in [3.8, 4) is 6.07 Å². The first-order valence-corrected chi connectivity index (χ1v) is 6.79. The molecule has 1 N–H and O–H groups in total. The quantitative estimate of drug-likeness (QED) is 0.868. The average molecular weight is 272 g/mol. The molecule has 1 atom stereocenters. The lowest BCUT2D eigenvalue weighted by Gasteiger charge is -2.16. The van der Waals surface area contributed by atoms with E-state index >= 15 is 0 Å². The molecule has 0 fully saturated rings. The summed E-state index contributed by atoms with van der Waals surface area (Å²) >= 11 is 0. The average Bonchev–Trinajstić information content (AvgIpc) is 2.77. The Bertz CT molecular complexity index is 614. The van der Waals surface area contributed by atoms with E-state index in [1.54, 1.807) is 0 Å². The van der Waals surface area contributed by atoms with Gasteiger partial charge in [0.25, 0.3) is 0 Å². The van der Waals surface area contributed by atoms with Crippen LogP contribution < -0.4 is 0 Å². The summed E-state index contributed by atoms with van der Waals surface area (Å²) in [5.41, 5.74) is 2.01. The fourth-order valence-electron chi connectivity index (χ4n) is 2.26. The van der Waals surface area contributed by atoms with Gasteiger partial charge in [-0.1, -0.05) is 12.1 Å². The number of para-hydroxylation sites is 2. The van der Waals surface area contributed by atoms with Crippen molar-refractivity contribution in [1.82, 2.24) is 14.5 Å². The van der Waals surface area contributed by atoms with Crippen molar-refractivity contribution in [2.45, 2.75) is 20.0 Å². The van der Waals surface area contributed by atoms with E-state index in [0.29, 0.717) is 19.6 Å². The number of hydrogen-bond acceptors (Lipinski definition) is 4. The molecule has 0 radical (unpaired) electrons. The van der Waals surface area contributed by atoms with Gasteiger partial charge in [0.1, 0.15) is 5.82 Å². The van der Waals surface area contributed by atoms with E-state index < -0.39 is 0 Å². The topological polar surface area (TPSA) is 65.1 Å². The third-order valence-electron chi connectivity index (χ3n) is 3.30. The van der Waals surface area contributed by atoms with Gasteiger partial charge in [-0.3, -0.25) is 4.90 Å². The molecule has 2 aromatic rings. The van der Waals surface area contributed by atoms with E-state index in [9.17, 15) is 0 Å². The molecule has 0 bridgehead atoms. The summed E-state index contributed by atoms with van der Waals surface area (Å²) in [6, 6.07) is 10.2. The van der Waals surface area contributed by atoms with Crippen molar-refractivity contribution in [3.63, 3.8) is 0 Å². The van der Waals surface area contributed by atoms with Crippen molar-refractivity contribution >= 4 is 11.0 Å². The van der Waals surface area contributed by atoms with E-state index in [2.05, 4.69) is 15.6 Å². The smallest absolute Gasteiger partial charge is 0.124 e. The van der Waals surface area contributed by atoms with Gasteiger partial charge in [-0.15, -0.1) is 0 Å². The van der Waals surface area contributed by atoms with Gasteiger partial charge in [0.2, 0.25) is 0 Å². The van der Waals surface area contributed by atoms with Gasteiger partial charge in [-0.25, -0.2) is 4.98 Å². The van der Waals surface area contributed by atoms with Gasteiger partial charge >= 0.3 is 0 Å². The minimum atomic E-state index is -0.0606. The molecule has 0 aliphatic carbocycles. The lowest BCUT2D eigenvalue weighted by molar-refractivity contribution is 0.213. The van der Waals surface area contributed by atoms with Crippen LogP contribution in [0.15, 0.2) is 24.3 Å². The highest BCUT2D eigenvalue weighted by atomic mass is 16.3. The number of aliphatic hydroxyl groups is 1. The highest BCUT2D eigenvalue weighted by Crippen LogP contribution is 2.18. The van der Waals surface area contributed by atoms with Gasteiger partial charge < -0.3 is 9.67 Å². The van der Waals surface area contributed by atoms with Gasteiger partial charge in [-0.05, 0) is 26.1 Å². The number of imidazole rings is 1. The predicted molar refractivity (Wildman–Crippen MR) is 77.9 cm³/mol. The highest BCUT2D eigenvalue weighted by molar-refractivity contribution is 5.75. The van der Waals surface area contributed by atoms with Crippen molar-refractivity contribution in [1.29, 1.82) is 5.26 Å². The molecule has 1 aromatic heterocycles. The molecule has 2 rings (SSSR count). The molecule has 1 heterocycles. The minimum Gasteiger partial charge on any atom is -0.395 e. The van der Waals surface area contributed by atoms with Crippen molar-refractivity contribution in [2.24, 2.45) is 5.92 Å². The molecule has 106 valence electrons. The molecule has 1 unspecified atom stereocenters. The largest absolute Gasteiger partial charge is 0.395 e. The Kier molecular flexibility index (Phi) is 4.72. The number of rotatable bonds is 6. The number of nitrogens with zero attached hydrogens (tertiary/aromatic N) is 4. The summed E-state index contributed by atoms with van der Waals surface area (Å²) < 4.78 is 2.11. The van der Waals surface area contributed by atoms with Crippen LogP contribution in [0.25, 0.3) is 11.0 Å². The standard InChI is InChI=1S/C15H20N4O/c1-12(9-16)10-19-14-6-4-3-5-13(14)17-15(19)11-18(2)7-8-20/h3-6,12,20H,7-8,10-11H2,1-2H3. The summed E-state index contributed by atoms with van der Waals surface area (Å²) in [6.45, 7) is 3.95. The number of aromatic nitrogens is 2. The normalized spacial score (nSPS) is 12.8. The Morgan fingerprint density at radius 3 is 2.90 bits per heavy atom. The Morgan fingerprint density at radius 2 is 2.20 bits per heavy atom. The third-order valence-corrected chi connectivity index (χ3v) is 3.30. The van der Waals surface area contributed by atoms with Crippen LogP contribution in [-0.4, -0.2) is 39.8 Å². The SMILES string of the molecule is CC(C#N)Cn1c(CN(C)CCO)nc2ccccc21. The molecular formula is C15H20N4O. The lowest BCUT2D eigenvalue weighted by atomic mass is 10.2. The van der Waals surface area contributed by atoms with E-state index in [1.165, 1.54) is 0 Å². The Balaban J connectivity index is 2.36. The van der Waals surface area contributed by atoms with Gasteiger partial charge in [0.05, 0.1) is 36.2 Å². The van der Waals surface area contributed by atoms with Crippen LogP contribution >= 0.6 is 0 Å². The zero-order chi connectivity index (χ0) is 14.5. The number of fused-ring (bicyclic) bond motifs is 1. The first-order valence-electron chi connectivity index (χ1n) is 6.79. The molecule has 0 aliphatic rings. The Morgan fingerprint density at radius 1 is 1.45 bits per heavy atom. The van der Waals surface area contributed by atoms with Crippen LogP contribution in [0.5, 0.6) is 0 Å². The van der Waals surface area contributed by atoms with Crippen LogP contribution in [0.4, 0.5) is 0 Å². The van der Waals surface area contributed by atoms with Crippen LogP contribution in [-0.2, 0) is 13.1 Å². The molecule has 5 heteroatoms. The fourth-order valence-corrected chi connectivity index (χ4v) is 2.26. The second-order valence-corrected chi connectivity index (χ2v) is 5.12. The Hall–Kier alpha value is -1.90. The summed E-state index contributed by atoms with van der Waals surface area (Å²) in [4.78, 5) is 6.68. The van der Waals surface area contributed by atoms with E-state index in [1.807, 2.05) is 43.1 Å². The molecule has 1 aromatic carbocycles. The van der Waals surface area contributed by atoms with Crippen molar-refractivity contribution in [2.75, 3.05) is 20.2 Å². The second-order valence-electron chi connectivity index (χ2n) is 5.12. The zero-order valence-electron chi connectivity index (χ0n) is 12.0. The summed E-state index contributed by atoms with van der Waals surface area (Å²) in [5.74, 6) is 0.874. The molecule has 0 saturated carbocycles. The summed E-state index contributed by atoms with van der Waals surface area (Å²) in [7, 11) is 1.95.